The van der Waals surface area contributed by atoms with Crippen molar-refractivity contribution in [3.8, 4) is 34.0 Å². The van der Waals surface area contributed by atoms with Gasteiger partial charge in [0, 0.05) is 38.2 Å². The van der Waals surface area contributed by atoms with E-state index in [0.29, 0.717) is 5.95 Å². The number of aromatic nitrogens is 4. The van der Waals surface area contributed by atoms with Crippen LogP contribution in [0.25, 0.3) is 110 Å². The van der Waals surface area contributed by atoms with E-state index in [2.05, 4.69) is 197 Å². The molecule has 0 aliphatic carbocycles. The number of para-hydroxylation sites is 2. The summed E-state index contributed by atoms with van der Waals surface area (Å²) in [5, 5.41) is 10.8. The highest BCUT2D eigenvalue weighted by molar-refractivity contribution is 6.23. The van der Waals surface area contributed by atoms with E-state index in [1.807, 2.05) is 6.07 Å². The topological polar surface area (TPSA) is 35.6 Å². The molecule has 0 fully saturated rings. The smallest absolute Gasteiger partial charge is 0.235 e. The maximum Gasteiger partial charge on any atom is 0.235 e. The van der Waals surface area contributed by atoms with E-state index in [1.165, 1.54) is 59.7 Å². The summed E-state index contributed by atoms with van der Waals surface area (Å²) in [6.07, 6.45) is 0. The Morgan fingerprint density at radius 3 is 1.46 bits per heavy atom. The first-order valence-electron chi connectivity index (χ1n) is 19.1. The summed E-state index contributed by atoms with van der Waals surface area (Å²) in [7, 11) is 0. The molecule has 0 N–H and O–H groups in total. The molecule has 0 radical (unpaired) electrons. The lowest BCUT2D eigenvalue weighted by atomic mass is 9.98. The summed E-state index contributed by atoms with van der Waals surface area (Å²) < 4.78 is 4.65. The summed E-state index contributed by atoms with van der Waals surface area (Å²) in [5.41, 5.74) is 11.0. The van der Waals surface area contributed by atoms with Crippen molar-refractivity contribution in [2.45, 2.75) is 0 Å². The van der Waals surface area contributed by atoms with Gasteiger partial charge in [-0.2, -0.15) is 0 Å². The van der Waals surface area contributed by atoms with E-state index < -0.39 is 0 Å². The van der Waals surface area contributed by atoms with E-state index in [4.69, 9.17) is 9.97 Å². The van der Waals surface area contributed by atoms with Crippen molar-refractivity contribution in [1.82, 2.24) is 19.1 Å². The fraction of sp³-hybridized carbons (Fsp3) is 0. The molecule has 0 atom stereocenters. The van der Waals surface area contributed by atoms with Crippen molar-refractivity contribution in [2.24, 2.45) is 0 Å². The predicted octanol–water partition coefficient (Wildman–Crippen LogP) is 13.5. The van der Waals surface area contributed by atoms with Crippen molar-refractivity contribution >= 4 is 76.1 Å². The fourth-order valence-corrected chi connectivity index (χ4v) is 8.99. The largest absolute Gasteiger partial charge is 0.309 e. The molecule has 0 spiro atoms. The summed E-state index contributed by atoms with van der Waals surface area (Å²) in [6.45, 7) is 0. The van der Waals surface area contributed by atoms with Gasteiger partial charge in [-0.25, -0.2) is 9.97 Å². The molecule has 12 rings (SSSR count). The van der Waals surface area contributed by atoms with Gasteiger partial charge >= 0.3 is 0 Å². The lowest BCUT2D eigenvalue weighted by Gasteiger charge is -2.12. The molecule has 56 heavy (non-hydrogen) atoms. The maximum atomic E-state index is 5.34. The van der Waals surface area contributed by atoms with E-state index in [1.54, 1.807) is 0 Å². The molecule has 0 amide bonds. The molecular formula is C52H32N4. The van der Waals surface area contributed by atoms with Gasteiger partial charge in [-0.1, -0.05) is 140 Å². The summed E-state index contributed by atoms with van der Waals surface area (Å²) >= 11 is 0. The second kappa shape index (κ2) is 12.0. The molecule has 0 unspecified atom stereocenters. The minimum atomic E-state index is 0.660. The van der Waals surface area contributed by atoms with Crippen LogP contribution in [0.15, 0.2) is 194 Å². The Hall–Kier alpha value is -7.56. The molecule has 0 saturated carbocycles. The first kappa shape index (κ1) is 30.9. The van der Waals surface area contributed by atoms with Gasteiger partial charge in [0.15, 0.2) is 0 Å². The van der Waals surface area contributed by atoms with Crippen LogP contribution in [0.3, 0.4) is 0 Å². The van der Waals surface area contributed by atoms with Crippen molar-refractivity contribution in [3.63, 3.8) is 0 Å². The van der Waals surface area contributed by atoms with Crippen LogP contribution in [-0.2, 0) is 0 Å². The van der Waals surface area contributed by atoms with E-state index in [0.717, 1.165) is 44.4 Å². The Bertz CT molecular complexity index is 3520. The molecule has 0 saturated heterocycles. The van der Waals surface area contributed by atoms with Crippen LogP contribution in [0.5, 0.6) is 0 Å². The van der Waals surface area contributed by atoms with Crippen LogP contribution < -0.4 is 0 Å². The number of benzene rings is 9. The van der Waals surface area contributed by atoms with Gasteiger partial charge in [0.25, 0.3) is 0 Å². The van der Waals surface area contributed by atoms with Crippen molar-refractivity contribution in [1.29, 1.82) is 0 Å². The molecular weight excluding hydrogens is 681 g/mol. The van der Waals surface area contributed by atoms with Crippen molar-refractivity contribution < 1.29 is 0 Å². The lowest BCUT2D eigenvalue weighted by Crippen LogP contribution is -2.03. The molecule has 3 aromatic heterocycles. The molecule has 4 nitrogen and oxygen atoms in total. The van der Waals surface area contributed by atoms with E-state index in [9.17, 15) is 0 Å². The minimum Gasteiger partial charge on any atom is -0.309 e. The lowest BCUT2D eigenvalue weighted by molar-refractivity contribution is 1.01. The summed E-state index contributed by atoms with van der Waals surface area (Å²) in [5.74, 6) is 0.660. The molecule has 0 aliphatic heterocycles. The second-order valence-corrected chi connectivity index (χ2v) is 14.6. The third kappa shape index (κ3) is 4.53. The van der Waals surface area contributed by atoms with Crippen LogP contribution in [0.2, 0.25) is 0 Å². The number of hydrogen-bond donors (Lipinski definition) is 0. The van der Waals surface area contributed by atoms with Gasteiger partial charge in [-0.3, -0.25) is 4.57 Å². The first-order valence-corrected chi connectivity index (χ1v) is 19.1. The van der Waals surface area contributed by atoms with Crippen LogP contribution in [0.1, 0.15) is 0 Å². The highest BCUT2D eigenvalue weighted by atomic mass is 15.2. The summed E-state index contributed by atoms with van der Waals surface area (Å²) in [6, 6.07) is 69.7. The fourth-order valence-electron chi connectivity index (χ4n) is 8.99. The molecule has 9 aromatic carbocycles. The van der Waals surface area contributed by atoms with Crippen LogP contribution in [-0.4, -0.2) is 19.1 Å². The first-order chi connectivity index (χ1) is 27.8. The summed E-state index contributed by atoms with van der Waals surface area (Å²) in [4.78, 5) is 10.6. The standard InChI is InChI=1S/C52H32N4/c1-3-15-35(16-4-1)51-41-21-11-12-22-44(41)53-52(54-51)56-46-28-26-37(32-43(46)50-40-20-10-8-14-34(40)24-30-48(50)56)36-25-27-45-42(31-36)49-39-19-9-7-13-33(39)23-29-47(49)55(45)38-17-5-2-6-18-38/h1-32H. The molecule has 3 heterocycles. The van der Waals surface area contributed by atoms with Gasteiger partial charge in [-0.05, 0) is 87.3 Å². The molecule has 4 heteroatoms. The number of nitrogens with zero attached hydrogens (tertiary/aromatic N) is 4. The monoisotopic (exact) mass is 712 g/mol. The molecule has 0 aliphatic rings. The van der Waals surface area contributed by atoms with E-state index >= 15 is 0 Å². The van der Waals surface area contributed by atoms with Crippen molar-refractivity contribution in [3.05, 3.63) is 194 Å². The van der Waals surface area contributed by atoms with Gasteiger partial charge < -0.3 is 4.57 Å². The predicted molar refractivity (Wildman–Crippen MR) is 234 cm³/mol. The Balaban J connectivity index is 1.13. The SMILES string of the molecule is c1ccc(-c2nc(-n3c4ccc(-c5ccc6c(c5)c5c7ccccc7ccc5n6-c5ccccc5)cc4c4c5ccccc5ccc43)nc3ccccc23)cc1. The van der Waals surface area contributed by atoms with Gasteiger partial charge in [0.1, 0.15) is 0 Å². The second-order valence-electron chi connectivity index (χ2n) is 14.6. The zero-order valence-electron chi connectivity index (χ0n) is 30.3. The Kier molecular flexibility index (Phi) is 6.60. The Morgan fingerprint density at radius 2 is 0.821 bits per heavy atom. The van der Waals surface area contributed by atoms with Crippen LogP contribution in [0, 0.1) is 0 Å². The maximum absolute atomic E-state index is 5.34. The van der Waals surface area contributed by atoms with E-state index in [-0.39, 0.29) is 0 Å². The minimum absolute atomic E-state index is 0.660. The average Bonchev–Trinajstić information content (AvgIpc) is 3.79. The zero-order chi connectivity index (χ0) is 36.7. The third-order valence-corrected chi connectivity index (χ3v) is 11.5. The number of rotatable bonds is 4. The Labute approximate surface area is 322 Å². The van der Waals surface area contributed by atoms with Gasteiger partial charge in [-0.15, -0.1) is 0 Å². The zero-order valence-corrected chi connectivity index (χ0v) is 30.3. The van der Waals surface area contributed by atoms with Crippen molar-refractivity contribution in [2.75, 3.05) is 0 Å². The average molecular weight is 713 g/mol. The highest BCUT2D eigenvalue weighted by Gasteiger charge is 2.21. The Morgan fingerprint density at radius 1 is 0.321 bits per heavy atom. The van der Waals surface area contributed by atoms with Gasteiger partial charge in [0.2, 0.25) is 5.95 Å². The third-order valence-electron chi connectivity index (χ3n) is 11.5. The van der Waals surface area contributed by atoms with Crippen LogP contribution >= 0.6 is 0 Å². The molecule has 0 bridgehead atoms. The molecule has 260 valence electrons. The normalized spacial score (nSPS) is 11.9. The van der Waals surface area contributed by atoms with Crippen LogP contribution in [0.4, 0.5) is 0 Å². The quantitative estimate of drug-likeness (QED) is 0.182. The highest BCUT2D eigenvalue weighted by Crippen LogP contribution is 2.42. The molecule has 12 aromatic rings. The number of fused-ring (bicyclic) bond motifs is 11. The number of hydrogen-bond acceptors (Lipinski definition) is 2. The van der Waals surface area contributed by atoms with Gasteiger partial charge in [0.05, 0.1) is 33.3 Å².